The van der Waals surface area contributed by atoms with Gasteiger partial charge in [0.15, 0.2) is 0 Å². The Hall–Kier alpha value is -2.26. The molecule has 1 amide bonds. The van der Waals surface area contributed by atoms with Crippen LogP contribution in [0.1, 0.15) is 73.1 Å². The Balaban J connectivity index is 1.47. The molecule has 30 heavy (non-hydrogen) atoms. The SMILES string of the molecule is CCS(=O)(=O)N1CCC(c2nnc([C@H]3CCCCN3C(=O)c3ccccc3)o2)CC1. The maximum absolute atomic E-state index is 13.0. The Kier molecular flexibility index (Phi) is 6.19. The van der Waals surface area contributed by atoms with Crippen molar-refractivity contribution in [2.24, 2.45) is 0 Å². The van der Waals surface area contributed by atoms with Crippen molar-refractivity contribution in [3.05, 3.63) is 47.7 Å². The smallest absolute Gasteiger partial charge is 0.254 e. The van der Waals surface area contributed by atoms with E-state index < -0.39 is 10.0 Å². The molecule has 2 aromatic rings. The van der Waals surface area contributed by atoms with E-state index in [1.54, 1.807) is 11.2 Å². The van der Waals surface area contributed by atoms with Crippen molar-refractivity contribution in [2.75, 3.05) is 25.4 Å². The van der Waals surface area contributed by atoms with Gasteiger partial charge in [0.25, 0.3) is 5.91 Å². The first-order valence-corrected chi connectivity index (χ1v) is 12.3. The van der Waals surface area contributed by atoms with E-state index in [2.05, 4.69) is 10.2 Å². The number of amides is 1. The van der Waals surface area contributed by atoms with Gasteiger partial charge in [0.2, 0.25) is 21.8 Å². The highest BCUT2D eigenvalue weighted by Crippen LogP contribution is 2.34. The molecule has 3 heterocycles. The number of carbonyl (C=O) groups is 1. The maximum Gasteiger partial charge on any atom is 0.254 e. The average Bonchev–Trinajstić information content (AvgIpc) is 3.29. The summed E-state index contributed by atoms with van der Waals surface area (Å²) >= 11 is 0. The van der Waals surface area contributed by atoms with Crippen molar-refractivity contribution < 1.29 is 17.6 Å². The van der Waals surface area contributed by atoms with E-state index in [0.29, 0.717) is 49.8 Å². The molecule has 0 aliphatic carbocycles. The Labute approximate surface area is 177 Å². The molecule has 1 aromatic heterocycles. The monoisotopic (exact) mass is 432 g/mol. The van der Waals surface area contributed by atoms with Gasteiger partial charge in [0.05, 0.1) is 5.75 Å². The second-order valence-electron chi connectivity index (χ2n) is 7.93. The zero-order valence-corrected chi connectivity index (χ0v) is 18.1. The van der Waals surface area contributed by atoms with Crippen LogP contribution < -0.4 is 0 Å². The second kappa shape index (κ2) is 8.85. The van der Waals surface area contributed by atoms with Gasteiger partial charge in [0.1, 0.15) is 6.04 Å². The number of likely N-dealkylation sites (tertiary alicyclic amines) is 1. The molecule has 0 N–H and O–H groups in total. The van der Waals surface area contributed by atoms with Crippen molar-refractivity contribution in [1.82, 2.24) is 19.4 Å². The van der Waals surface area contributed by atoms with Crippen LogP contribution in [0.3, 0.4) is 0 Å². The van der Waals surface area contributed by atoms with Crippen LogP contribution >= 0.6 is 0 Å². The number of nitrogens with zero attached hydrogens (tertiary/aromatic N) is 4. The molecule has 0 spiro atoms. The Morgan fingerprint density at radius 3 is 2.43 bits per heavy atom. The summed E-state index contributed by atoms with van der Waals surface area (Å²) in [7, 11) is -3.16. The first-order chi connectivity index (χ1) is 14.5. The summed E-state index contributed by atoms with van der Waals surface area (Å²) in [5.41, 5.74) is 0.661. The van der Waals surface area contributed by atoms with Crippen LogP contribution in [0.25, 0.3) is 0 Å². The largest absolute Gasteiger partial charge is 0.423 e. The Morgan fingerprint density at radius 1 is 1.03 bits per heavy atom. The molecule has 162 valence electrons. The fourth-order valence-corrected chi connectivity index (χ4v) is 5.42. The van der Waals surface area contributed by atoms with Crippen LogP contribution in [0.2, 0.25) is 0 Å². The minimum absolute atomic E-state index is 0.0156. The summed E-state index contributed by atoms with van der Waals surface area (Å²) in [6.07, 6.45) is 4.10. The molecular weight excluding hydrogens is 404 g/mol. The van der Waals surface area contributed by atoms with Crippen molar-refractivity contribution in [3.63, 3.8) is 0 Å². The number of rotatable bonds is 5. The van der Waals surface area contributed by atoms with Crippen molar-refractivity contribution in [1.29, 1.82) is 0 Å². The number of hydrogen-bond donors (Lipinski definition) is 0. The lowest BCUT2D eigenvalue weighted by Crippen LogP contribution is -2.39. The summed E-state index contributed by atoms with van der Waals surface area (Å²) in [5.74, 6) is 1.19. The summed E-state index contributed by atoms with van der Waals surface area (Å²) in [4.78, 5) is 14.9. The predicted octanol–water partition coefficient (Wildman–Crippen LogP) is 2.97. The maximum atomic E-state index is 13.0. The molecule has 4 rings (SSSR count). The standard InChI is InChI=1S/C21H28N4O4S/c1-2-30(27,28)24-14-11-16(12-15-24)19-22-23-20(29-19)18-10-6-7-13-25(18)21(26)17-8-4-3-5-9-17/h3-5,8-9,16,18H,2,6-7,10-15H2,1H3/t18-/m1/s1. The van der Waals surface area contributed by atoms with Crippen LogP contribution in [0, 0.1) is 0 Å². The van der Waals surface area contributed by atoms with Gasteiger partial charge in [-0.3, -0.25) is 4.79 Å². The minimum Gasteiger partial charge on any atom is -0.423 e. The number of benzene rings is 1. The molecule has 0 bridgehead atoms. The van der Waals surface area contributed by atoms with Gasteiger partial charge in [0, 0.05) is 31.1 Å². The Bertz CT molecular complexity index is 968. The Morgan fingerprint density at radius 2 is 1.73 bits per heavy atom. The molecular formula is C21H28N4O4S. The molecule has 1 atom stereocenters. The van der Waals surface area contributed by atoms with Crippen molar-refractivity contribution in [3.8, 4) is 0 Å². The van der Waals surface area contributed by atoms with E-state index in [1.807, 2.05) is 35.2 Å². The molecule has 2 aliphatic heterocycles. The fraction of sp³-hybridized carbons (Fsp3) is 0.571. The summed E-state index contributed by atoms with van der Waals surface area (Å²) < 4.78 is 31.7. The van der Waals surface area contributed by atoms with Crippen LogP contribution in [-0.4, -0.2) is 59.1 Å². The average molecular weight is 433 g/mol. The van der Waals surface area contributed by atoms with Crippen molar-refractivity contribution in [2.45, 2.75) is 51.0 Å². The lowest BCUT2D eigenvalue weighted by atomic mass is 9.98. The lowest BCUT2D eigenvalue weighted by molar-refractivity contribution is 0.0568. The van der Waals surface area contributed by atoms with Gasteiger partial charge in [-0.15, -0.1) is 10.2 Å². The highest BCUT2D eigenvalue weighted by molar-refractivity contribution is 7.89. The quantitative estimate of drug-likeness (QED) is 0.721. The predicted molar refractivity (Wildman–Crippen MR) is 111 cm³/mol. The molecule has 0 radical (unpaired) electrons. The third kappa shape index (κ3) is 4.27. The van der Waals surface area contributed by atoms with Gasteiger partial charge >= 0.3 is 0 Å². The molecule has 9 heteroatoms. The second-order valence-corrected chi connectivity index (χ2v) is 10.2. The van der Waals surface area contributed by atoms with Crippen molar-refractivity contribution >= 4 is 15.9 Å². The van der Waals surface area contributed by atoms with Gasteiger partial charge in [-0.05, 0) is 51.2 Å². The van der Waals surface area contributed by atoms with Gasteiger partial charge in [-0.1, -0.05) is 18.2 Å². The van der Waals surface area contributed by atoms with E-state index in [4.69, 9.17) is 4.42 Å². The molecule has 1 aromatic carbocycles. The summed E-state index contributed by atoms with van der Waals surface area (Å²) in [6.45, 7) is 3.28. The highest BCUT2D eigenvalue weighted by Gasteiger charge is 2.34. The topological polar surface area (TPSA) is 96.6 Å². The molecule has 2 saturated heterocycles. The summed E-state index contributed by atoms with van der Waals surface area (Å²) in [6, 6.07) is 9.06. The van der Waals surface area contributed by atoms with E-state index in [-0.39, 0.29) is 23.6 Å². The molecule has 8 nitrogen and oxygen atoms in total. The number of hydrogen-bond acceptors (Lipinski definition) is 6. The first-order valence-electron chi connectivity index (χ1n) is 10.7. The molecule has 2 aliphatic rings. The first kappa shape index (κ1) is 21.0. The van der Waals surface area contributed by atoms with Crippen LogP contribution in [-0.2, 0) is 10.0 Å². The summed E-state index contributed by atoms with van der Waals surface area (Å²) in [5, 5.41) is 8.55. The van der Waals surface area contributed by atoms with E-state index in [0.717, 1.165) is 19.3 Å². The number of carbonyl (C=O) groups excluding carboxylic acids is 1. The minimum atomic E-state index is -3.16. The van der Waals surface area contributed by atoms with Gasteiger partial charge in [-0.2, -0.15) is 0 Å². The van der Waals surface area contributed by atoms with E-state index in [1.165, 1.54) is 0 Å². The van der Waals surface area contributed by atoms with E-state index in [9.17, 15) is 13.2 Å². The van der Waals surface area contributed by atoms with E-state index >= 15 is 0 Å². The van der Waals surface area contributed by atoms with Gasteiger partial charge < -0.3 is 9.32 Å². The van der Waals surface area contributed by atoms with Crippen LogP contribution in [0.15, 0.2) is 34.7 Å². The number of sulfonamides is 1. The lowest BCUT2D eigenvalue weighted by Gasteiger charge is -2.33. The van der Waals surface area contributed by atoms with Crippen LogP contribution in [0.4, 0.5) is 0 Å². The molecule has 0 saturated carbocycles. The third-order valence-corrected chi connectivity index (χ3v) is 7.97. The molecule has 2 fully saturated rings. The fourth-order valence-electron chi connectivity index (χ4n) is 4.29. The number of aromatic nitrogens is 2. The highest BCUT2D eigenvalue weighted by atomic mass is 32.2. The third-order valence-electron chi connectivity index (χ3n) is 6.09. The zero-order chi connectivity index (χ0) is 21.1. The molecule has 0 unspecified atom stereocenters. The number of piperidine rings is 2. The van der Waals surface area contributed by atoms with Gasteiger partial charge in [-0.25, -0.2) is 12.7 Å². The normalized spacial score (nSPS) is 21.6. The van der Waals surface area contributed by atoms with Crippen LogP contribution in [0.5, 0.6) is 0 Å². The zero-order valence-electron chi connectivity index (χ0n) is 17.2.